The van der Waals surface area contributed by atoms with Crippen LogP contribution in [-0.2, 0) is 9.53 Å². The van der Waals surface area contributed by atoms with Crippen LogP contribution in [-0.4, -0.2) is 48.3 Å². The molecule has 0 amide bonds. The first-order valence-corrected chi connectivity index (χ1v) is 6.83. The zero-order valence-corrected chi connectivity index (χ0v) is 11.9. The molecule has 0 aromatic rings. The summed E-state index contributed by atoms with van der Waals surface area (Å²) < 4.78 is 5.05. The number of hydrogen-bond acceptors (Lipinski definition) is 4. The van der Waals surface area contributed by atoms with Crippen molar-refractivity contribution in [3.8, 4) is 0 Å². The van der Waals surface area contributed by atoms with Crippen molar-refractivity contribution >= 4 is 5.97 Å². The average Bonchev–Trinajstić information content (AvgIpc) is 2.29. The smallest absolute Gasteiger partial charge is 0.330 e. The lowest BCUT2D eigenvalue weighted by molar-refractivity contribution is -0.138. The second-order valence-corrected chi connectivity index (χ2v) is 4.41. The lowest BCUT2D eigenvalue weighted by Crippen LogP contribution is -2.35. The molecule has 1 atom stereocenters. The summed E-state index contributed by atoms with van der Waals surface area (Å²) in [4.78, 5) is 13.3. The number of esters is 1. The van der Waals surface area contributed by atoms with E-state index in [9.17, 15) is 9.90 Å². The van der Waals surface area contributed by atoms with E-state index in [2.05, 4.69) is 18.7 Å². The molecule has 1 N–H and O–H groups in total. The summed E-state index contributed by atoms with van der Waals surface area (Å²) >= 11 is 0. The highest BCUT2D eigenvalue weighted by atomic mass is 16.5. The molecule has 0 saturated carbocycles. The molecular weight excluding hydrogens is 230 g/mol. The number of ether oxygens (including phenoxy) is 1. The van der Waals surface area contributed by atoms with Gasteiger partial charge in [0.25, 0.3) is 0 Å². The fourth-order valence-electron chi connectivity index (χ4n) is 1.79. The van der Waals surface area contributed by atoms with Gasteiger partial charge in [-0.25, -0.2) is 4.79 Å². The van der Waals surface area contributed by atoms with Gasteiger partial charge in [-0.1, -0.05) is 26.3 Å². The first kappa shape index (κ1) is 17.1. The maximum absolute atomic E-state index is 11.1. The van der Waals surface area contributed by atoms with E-state index < -0.39 is 0 Å². The Morgan fingerprint density at radius 1 is 1.33 bits per heavy atom. The van der Waals surface area contributed by atoms with Gasteiger partial charge in [-0.05, 0) is 26.3 Å². The summed E-state index contributed by atoms with van der Waals surface area (Å²) in [6.45, 7) is 8.58. The Morgan fingerprint density at radius 3 is 2.61 bits per heavy atom. The summed E-state index contributed by atoms with van der Waals surface area (Å²) in [6, 6.07) is 0. The van der Waals surface area contributed by atoms with Crippen molar-refractivity contribution in [1.29, 1.82) is 0 Å². The van der Waals surface area contributed by atoms with Gasteiger partial charge in [-0.15, -0.1) is 0 Å². The molecule has 4 heteroatoms. The van der Waals surface area contributed by atoms with Gasteiger partial charge < -0.3 is 9.84 Å². The van der Waals surface area contributed by atoms with Crippen LogP contribution in [0.3, 0.4) is 0 Å². The zero-order valence-electron chi connectivity index (χ0n) is 11.9. The van der Waals surface area contributed by atoms with Gasteiger partial charge in [0.05, 0.1) is 6.10 Å². The Bertz CT molecular complexity index is 241. The van der Waals surface area contributed by atoms with Crippen LogP contribution >= 0.6 is 0 Å². The summed E-state index contributed by atoms with van der Waals surface area (Å²) in [5, 5.41) is 9.78. The van der Waals surface area contributed by atoms with Crippen LogP contribution in [0.4, 0.5) is 0 Å². The number of carbonyl (C=O) groups is 1. The monoisotopic (exact) mass is 257 g/mol. The van der Waals surface area contributed by atoms with Gasteiger partial charge in [-0.3, -0.25) is 4.90 Å². The van der Waals surface area contributed by atoms with E-state index in [1.807, 2.05) is 0 Å². The number of aliphatic hydroxyl groups is 1. The molecule has 0 bridgehead atoms. The third-order valence-electron chi connectivity index (χ3n) is 2.59. The molecule has 1 unspecified atom stereocenters. The van der Waals surface area contributed by atoms with Gasteiger partial charge in [-0.2, -0.15) is 0 Å². The second kappa shape index (κ2) is 11.2. The van der Waals surface area contributed by atoms with Gasteiger partial charge in [0, 0.05) is 19.2 Å². The van der Waals surface area contributed by atoms with E-state index in [4.69, 9.17) is 4.74 Å². The molecule has 0 saturated heterocycles. The largest absolute Gasteiger partial charge is 0.461 e. The number of nitrogens with zero attached hydrogens (tertiary/aromatic N) is 1. The lowest BCUT2D eigenvalue weighted by atomic mass is 10.2. The number of allylic oxidation sites excluding steroid dienone is 1. The predicted molar refractivity (Wildman–Crippen MR) is 73.4 cm³/mol. The minimum Gasteiger partial charge on any atom is -0.461 e. The number of hydrogen-bond donors (Lipinski definition) is 1. The quantitative estimate of drug-likeness (QED) is 0.480. The Kier molecular flexibility index (Phi) is 10.7. The molecule has 0 aromatic carbocycles. The van der Waals surface area contributed by atoms with Crippen molar-refractivity contribution in [1.82, 2.24) is 4.90 Å². The first-order chi connectivity index (χ1) is 8.63. The molecule has 0 spiro atoms. The van der Waals surface area contributed by atoms with Crippen LogP contribution < -0.4 is 0 Å². The fourth-order valence-corrected chi connectivity index (χ4v) is 1.79. The lowest BCUT2D eigenvalue weighted by Gasteiger charge is -2.24. The van der Waals surface area contributed by atoms with Crippen molar-refractivity contribution in [2.45, 2.75) is 46.1 Å². The minimum atomic E-state index is -0.303. The summed E-state index contributed by atoms with van der Waals surface area (Å²) in [6.07, 6.45) is 5.62. The van der Waals surface area contributed by atoms with Crippen LogP contribution in [0.25, 0.3) is 0 Å². The SMILES string of the molecule is C/C=C/C(=O)OCCN(CCC)CC(O)CCC. The molecule has 0 aliphatic heterocycles. The highest BCUT2D eigenvalue weighted by molar-refractivity contribution is 5.81. The minimum absolute atomic E-state index is 0.284. The van der Waals surface area contributed by atoms with Gasteiger partial charge in [0.1, 0.15) is 6.61 Å². The van der Waals surface area contributed by atoms with Crippen LogP contribution in [0.15, 0.2) is 12.2 Å². The van der Waals surface area contributed by atoms with Crippen LogP contribution in [0.1, 0.15) is 40.0 Å². The predicted octanol–water partition coefficient (Wildman–Crippen LogP) is 1.98. The summed E-state index contributed by atoms with van der Waals surface area (Å²) in [5.74, 6) is -0.303. The van der Waals surface area contributed by atoms with E-state index >= 15 is 0 Å². The van der Waals surface area contributed by atoms with Crippen LogP contribution in [0.5, 0.6) is 0 Å². The average molecular weight is 257 g/mol. The maximum Gasteiger partial charge on any atom is 0.330 e. The van der Waals surface area contributed by atoms with E-state index in [0.29, 0.717) is 19.7 Å². The number of rotatable bonds is 10. The van der Waals surface area contributed by atoms with E-state index in [1.54, 1.807) is 13.0 Å². The van der Waals surface area contributed by atoms with E-state index in [0.717, 1.165) is 25.8 Å². The molecule has 0 aliphatic rings. The number of aliphatic hydroxyl groups excluding tert-OH is 1. The normalized spacial score (nSPS) is 13.2. The first-order valence-electron chi connectivity index (χ1n) is 6.83. The zero-order chi connectivity index (χ0) is 13.8. The van der Waals surface area contributed by atoms with Crippen LogP contribution in [0.2, 0.25) is 0 Å². The highest BCUT2D eigenvalue weighted by Gasteiger charge is 2.10. The Hall–Kier alpha value is -0.870. The third kappa shape index (κ3) is 9.19. The maximum atomic E-state index is 11.1. The van der Waals surface area contributed by atoms with Crippen LogP contribution in [0, 0.1) is 0 Å². The van der Waals surface area contributed by atoms with Crippen molar-refractivity contribution in [2.75, 3.05) is 26.2 Å². The summed E-state index contributed by atoms with van der Waals surface area (Å²) in [7, 11) is 0. The van der Waals surface area contributed by atoms with Crippen molar-refractivity contribution < 1.29 is 14.6 Å². The molecule has 0 rings (SSSR count). The molecule has 106 valence electrons. The molecule has 0 aromatic heterocycles. The molecule has 18 heavy (non-hydrogen) atoms. The van der Waals surface area contributed by atoms with E-state index in [1.165, 1.54) is 6.08 Å². The molecule has 0 fully saturated rings. The van der Waals surface area contributed by atoms with Gasteiger partial charge >= 0.3 is 5.97 Å². The Morgan fingerprint density at radius 2 is 2.06 bits per heavy atom. The highest BCUT2D eigenvalue weighted by Crippen LogP contribution is 2.01. The van der Waals surface area contributed by atoms with Crippen molar-refractivity contribution in [3.05, 3.63) is 12.2 Å². The Balaban J connectivity index is 3.92. The second-order valence-electron chi connectivity index (χ2n) is 4.41. The molecule has 4 nitrogen and oxygen atoms in total. The standard InChI is InChI=1S/C14H27NO3/c1-4-7-13(16)12-15(9-6-3)10-11-18-14(17)8-5-2/h5,8,13,16H,4,6-7,9-12H2,1-3H3/b8-5+. The molecule has 0 radical (unpaired) electrons. The molecule has 0 aliphatic carbocycles. The van der Waals surface area contributed by atoms with E-state index in [-0.39, 0.29) is 12.1 Å². The third-order valence-corrected chi connectivity index (χ3v) is 2.59. The molecular formula is C14H27NO3. The van der Waals surface area contributed by atoms with Crippen molar-refractivity contribution in [2.24, 2.45) is 0 Å². The summed E-state index contributed by atoms with van der Waals surface area (Å²) in [5.41, 5.74) is 0. The fraction of sp³-hybridized carbons (Fsp3) is 0.786. The Labute approximate surface area is 111 Å². The van der Waals surface area contributed by atoms with Gasteiger partial charge in [0.2, 0.25) is 0 Å². The number of carbonyl (C=O) groups excluding carboxylic acids is 1. The van der Waals surface area contributed by atoms with Gasteiger partial charge in [0.15, 0.2) is 0 Å². The topological polar surface area (TPSA) is 49.8 Å². The molecule has 0 heterocycles. The van der Waals surface area contributed by atoms with Crippen molar-refractivity contribution in [3.63, 3.8) is 0 Å².